The molecule has 1 aromatic carbocycles. The standard InChI is InChI=1S/C15H13ClF3N3O2/c1-14(2,3)24-10(23)7-22-9-5-4-8(6-20)11(16)12(9)21-13(22)15(17,18)19/h4-5H,7H2,1-3H3. The first-order chi connectivity index (χ1) is 10.9. The average Bonchev–Trinajstić information content (AvgIpc) is 2.76. The maximum atomic E-state index is 13.2. The van der Waals surface area contributed by atoms with Crippen LogP contribution in [0.15, 0.2) is 12.1 Å². The minimum Gasteiger partial charge on any atom is -0.459 e. The van der Waals surface area contributed by atoms with Gasteiger partial charge in [0.05, 0.1) is 16.1 Å². The Hall–Kier alpha value is -2.27. The Balaban J connectivity index is 2.60. The lowest BCUT2D eigenvalue weighted by Crippen LogP contribution is -2.28. The van der Waals surface area contributed by atoms with Gasteiger partial charge in [-0.2, -0.15) is 18.4 Å². The molecular weight excluding hydrogens is 347 g/mol. The van der Waals surface area contributed by atoms with Crippen molar-refractivity contribution in [3.63, 3.8) is 0 Å². The van der Waals surface area contributed by atoms with Gasteiger partial charge in [0.1, 0.15) is 23.7 Å². The number of rotatable bonds is 2. The van der Waals surface area contributed by atoms with Crippen molar-refractivity contribution in [2.45, 2.75) is 39.1 Å². The second kappa shape index (κ2) is 5.98. The van der Waals surface area contributed by atoms with E-state index in [0.717, 1.165) is 0 Å². The number of hydrogen-bond acceptors (Lipinski definition) is 4. The van der Waals surface area contributed by atoms with E-state index in [1.165, 1.54) is 12.1 Å². The van der Waals surface area contributed by atoms with Gasteiger partial charge in [0.2, 0.25) is 5.82 Å². The van der Waals surface area contributed by atoms with Crippen LogP contribution in [-0.2, 0) is 22.3 Å². The Labute approximate surface area is 140 Å². The van der Waals surface area contributed by atoms with Gasteiger partial charge in [-0.15, -0.1) is 0 Å². The first-order valence-electron chi connectivity index (χ1n) is 6.82. The molecule has 0 atom stereocenters. The second-order valence-corrected chi connectivity index (χ2v) is 6.39. The van der Waals surface area contributed by atoms with E-state index in [9.17, 15) is 18.0 Å². The van der Waals surface area contributed by atoms with E-state index in [-0.39, 0.29) is 21.6 Å². The molecule has 2 rings (SSSR count). The summed E-state index contributed by atoms with van der Waals surface area (Å²) in [5, 5.41) is 8.73. The summed E-state index contributed by atoms with van der Waals surface area (Å²) in [6.45, 7) is 4.15. The number of halogens is 4. The molecule has 0 radical (unpaired) electrons. The molecule has 0 aliphatic rings. The van der Waals surface area contributed by atoms with E-state index in [4.69, 9.17) is 21.6 Å². The lowest BCUT2D eigenvalue weighted by molar-refractivity contribution is -0.158. The van der Waals surface area contributed by atoms with Crippen molar-refractivity contribution in [3.05, 3.63) is 28.5 Å². The molecule has 0 amide bonds. The van der Waals surface area contributed by atoms with E-state index in [1.807, 2.05) is 0 Å². The Morgan fingerprint density at radius 2 is 2.00 bits per heavy atom. The summed E-state index contributed by atoms with van der Waals surface area (Å²) in [6, 6.07) is 4.32. The third-order valence-electron chi connectivity index (χ3n) is 2.94. The van der Waals surface area contributed by atoms with Crippen LogP contribution in [0.25, 0.3) is 11.0 Å². The van der Waals surface area contributed by atoms with Gasteiger partial charge in [-0.25, -0.2) is 4.98 Å². The molecule has 9 heteroatoms. The number of hydrogen-bond donors (Lipinski definition) is 0. The van der Waals surface area contributed by atoms with Crippen LogP contribution in [0.3, 0.4) is 0 Å². The molecule has 1 heterocycles. The zero-order valence-electron chi connectivity index (χ0n) is 13.0. The molecule has 1 aromatic heterocycles. The molecule has 5 nitrogen and oxygen atoms in total. The first-order valence-corrected chi connectivity index (χ1v) is 7.19. The van der Waals surface area contributed by atoms with Crippen molar-refractivity contribution in [2.75, 3.05) is 0 Å². The van der Waals surface area contributed by atoms with Gasteiger partial charge in [0, 0.05) is 0 Å². The van der Waals surface area contributed by atoms with Gasteiger partial charge in [-0.05, 0) is 32.9 Å². The number of benzene rings is 1. The van der Waals surface area contributed by atoms with Gasteiger partial charge in [-0.1, -0.05) is 11.6 Å². The normalized spacial score (nSPS) is 12.2. The van der Waals surface area contributed by atoms with Gasteiger partial charge in [0.15, 0.2) is 0 Å². The number of alkyl halides is 3. The smallest absolute Gasteiger partial charge is 0.449 e. The number of nitriles is 1. The summed E-state index contributed by atoms with van der Waals surface area (Å²) in [7, 11) is 0. The minimum atomic E-state index is -4.79. The number of esters is 1. The summed E-state index contributed by atoms with van der Waals surface area (Å²) in [5.74, 6) is -2.12. The third-order valence-corrected chi connectivity index (χ3v) is 3.32. The number of aromatic nitrogens is 2. The van der Waals surface area contributed by atoms with Crippen molar-refractivity contribution in [2.24, 2.45) is 0 Å². The van der Waals surface area contributed by atoms with Gasteiger partial charge < -0.3 is 9.30 Å². The highest BCUT2D eigenvalue weighted by Gasteiger charge is 2.39. The molecule has 0 unspecified atom stereocenters. The molecule has 128 valence electrons. The molecule has 0 saturated carbocycles. The fraction of sp³-hybridized carbons (Fsp3) is 0.400. The van der Waals surface area contributed by atoms with E-state index >= 15 is 0 Å². The van der Waals surface area contributed by atoms with E-state index in [0.29, 0.717) is 4.57 Å². The van der Waals surface area contributed by atoms with Crippen molar-refractivity contribution < 1.29 is 22.7 Å². The second-order valence-electron chi connectivity index (χ2n) is 6.01. The van der Waals surface area contributed by atoms with Crippen molar-refractivity contribution in [1.29, 1.82) is 5.26 Å². The highest BCUT2D eigenvalue weighted by molar-refractivity contribution is 6.36. The van der Waals surface area contributed by atoms with Gasteiger partial charge >= 0.3 is 12.1 Å². The zero-order valence-corrected chi connectivity index (χ0v) is 13.8. The first kappa shape index (κ1) is 18.1. The maximum absolute atomic E-state index is 13.2. The van der Waals surface area contributed by atoms with E-state index in [2.05, 4.69) is 4.98 Å². The van der Waals surface area contributed by atoms with Crippen LogP contribution in [-0.4, -0.2) is 21.1 Å². The van der Waals surface area contributed by atoms with Crippen LogP contribution in [0, 0.1) is 11.3 Å². The summed E-state index contributed by atoms with van der Waals surface area (Å²) in [6.07, 6.45) is -4.79. The van der Waals surface area contributed by atoms with E-state index < -0.39 is 30.1 Å². The predicted molar refractivity (Wildman–Crippen MR) is 80.3 cm³/mol. The number of ether oxygens (including phenoxy) is 1. The molecule has 24 heavy (non-hydrogen) atoms. The lowest BCUT2D eigenvalue weighted by atomic mass is 10.2. The number of nitrogens with zero attached hydrogens (tertiary/aromatic N) is 3. The lowest BCUT2D eigenvalue weighted by Gasteiger charge is -2.20. The van der Waals surface area contributed by atoms with E-state index in [1.54, 1.807) is 26.8 Å². The molecule has 0 N–H and O–H groups in total. The van der Waals surface area contributed by atoms with Gasteiger partial charge in [-0.3, -0.25) is 4.79 Å². The fourth-order valence-electron chi connectivity index (χ4n) is 2.12. The number of carbonyl (C=O) groups excluding carboxylic acids is 1. The summed E-state index contributed by atoms with van der Waals surface area (Å²) < 4.78 is 45.5. The largest absolute Gasteiger partial charge is 0.459 e. The molecular formula is C15H13ClF3N3O2. The predicted octanol–water partition coefficient (Wildman–Crippen LogP) is 3.92. The van der Waals surface area contributed by atoms with Gasteiger partial charge in [0.25, 0.3) is 0 Å². The van der Waals surface area contributed by atoms with Crippen LogP contribution in [0.2, 0.25) is 5.02 Å². The fourth-order valence-corrected chi connectivity index (χ4v) is 2.37. The van der Waals surface area contributed by atoms with Crippen LogP contribution < -0.4 is 0 Å². The topological polar surface area (TPSA) is 67.9 Å². The molecule has 0 bridgehead atoms. The molecule has 0 saturated heterocycles. The Morgan fingerprint density at radius 3 is 2.50 bits per heavy atom. The Kier molecular flexibility index (Phi) is 4.50. The van der Waals surface area contributed by atoms with Crippen LogP contribution in [0.4, 0.5) is 13.2 Å². The van der Waals surface area contributed by atoms with Crippen molar-refractivity contribution in [1.82, 2.24) is 9.55 Å². The zero-order chi connectivity index (χ0) is 18.3. The minimum absolute atomic E-state index is 0.000177. The Bertz CT molecular complexity index is 845. The number of imidazole rings is 1. The third kappa shape index (κ3) is 3.62. The SMILES string of the molecule is CC(C)(C)OC(=O)Cn1c(C(F)(F)F)nc2c(Cl)c(C#N)ccc21. The highest BCUT2D eigenvalue weighted by Crippen LogP contribution is 2.35. The molecule has 2 aromatic rings. The number of fused-ring (bicyclic) bond motifs is 1. The molecule has 0 aliphatic carbocycles. The van der Waals surface area contributed by atoms with Crippen LogP contribution in [0.5, 0.6) is 0 Å². The monoisotopic (exact) mass is 359 g/mol. The summed E-state index contributed by atoms with van der Waals surface area (Å²) in [4.78, 5) is 15.4. The summed E-state index contributed by atoms with van der Waals surface area (Å²) >= 11 is 5.94. The maximum Gasteiger partial charge on any atom is 0.449 e. The van der Waals surface area contributed by atoms with Crippen LogP contribution >= 0.6 is 11.6 Å². The van der Waals surface area contributed by atoms with Crippen LogP contribution in [0.1, 0.15) is 32.2 Å². The molecule has 0 fully saturated rings. The van der Waals surface area contributed by atoms with Crippen molar-refractivity contribution in [3.8, 4) is 6.07 Å². The summed E-state index contributed by atoms with van der Waals surface area (Å²) in [5.41, 5.74) is -1.03. The average molecular weight is 360 g/mol. The Morgan fingerprint density at radius 1 is 1.38 bits per heavy atom. The molecule has 0 aliphatic heterocycles. The highest BCUT2D eigenvalue weighted by atomic mass is 35.5. The van der Waals surface area contributed by atoms with Crippen molar-refractivity contribution >= 4 is 28.6 Å². The molecule has 0 spiro atoms. The quantitative estimate of drug-likeness (QED) is 0.762. The number of carbonyl (C=O) groups is 1.